The summed E-state index contributed by atoms with van der Waals surface area (Å²) in [5, 5.41) is 0. The molecule has 9 heavy (non-hydrogen) atoms. The lowest BCUT2D eigenvalue weighted by Crippen LogP contribution is -2.04. The van der Waals surface area contributed by atoms with Crippen molar-refractivity contribution in [3.8, 4) is 0 Å². The van der Waals surface area contributed by atoms with Gasteiger partial charge < -0.3 is 4.84 Å². The maximum absolute atomic E-state index is 4.53. The van der Waals surface area contributed by atoms with Crippen molar-refractivity contribution in [1.29, 1.82) is 0 Å². The molecule has 0 atom stereocenters. The molecule has 0 radical (unpaired) electrons. The highest BCUT2D eigenvalue weighted by Crippen LogP contribution is 1.60. The van der Waals surface area contributed by atoms with Crippen molar-refractivity contribution in [2.24, 2.45) is 4.99 Å². The average molecular weight is 132 g/mol. The number of nitrogens with one attached hydrogen (secondary N) is 1. The molecule has 56 valence electrons. The molecule has 0 bridgehead atoms. The Bertz CT molecular complexity index is 55.0. The van der Waals surface area contributed by atoms with Crippen LogP contribution in [0, 0.1) is 0 Å². The van der Waals surface area contributed by atoms with E-state index in [1.165, 1.54) is 6.40 Å². The number of hydrogen-bond acceptors (Lipinski definition) is 3. The van der Waals surface area contributed by atoms with Crippen LogP contribution in [-0.4, -0.2) is 20.0 Å². The van der Waals surface area contributed by atoms with Gasteiger partial charge >= 0.3 is 0 Å². The molecule has 0 fully saturated rings. The van der Waals surface area contributed by atoms with Crippen molar-refractivity contribution in [2.45, 2.75) is 20.8 Å². The molecule has 0 spiro atoms. The van der Waals surface area contributed by atoms with E-state index in [1.54, 1.807) is 7.05 Å². The van der Waals surface area contributed by atoms with Crippen LogP contribution in [-0.2, 0) is 4.84 Å². The van der Waals surface area contributed by atoms with Gasteiger partial charge in [0, 0.05) is 13.6 Å². The van der Waals surface area contributed by atoms with Crippen molar-refractivity contribution in [3.05, 3.63) is 0 Å². The summed E-state index contributed by atoms with van der Waals surface area (Å²) < 4.78 is 0. The van der Waals surface area contributed by atoms with Gasteiger partial charge in [0.25, 0.3) is 0 Å². The smallest absolute Gasteiger partial charge is 0.196 e. The zero-order chi connectivity index (χ0) is 7.54. The summed E-state index contributed by atoms with van der Waals surface area (Å²) >= 11 is 0. The van der Waals surface area contributed by atoms with Crippen LogP contribution >= 0.6 is 0 Å². The SMILES string of the molecule is CC.CCN=CONC. The van der Waals surface area contributed by atoms with E-state index in [4.69, 9.17) is 0 Å². The third-order valence-corrected chi connectivity index (χ3v) is 0.428. The van der Waals surface area contributed by atoms with Gasteiger partial charge in [-0.05, 0) is 6.92 Å². The molecule has 0 amide bonds. The second-order valence-corrected chi connectivity index (χ2v) is 0.926. The third-order valence-electron chi connectivity index (χ3n) is 0.428. The zero-order valence-corrected chi connectivity index (χ0v) is 6.64. The topological polar surface area (TPSA) is 33.6 Å². The summed E-state index contributed by atoms with van der Waals surface area (Å²) in [5.41, 5.74) is 2.45. The van der Waals surface area contributed by atoms with Crippen LogP contribution in [0.2, 0.25) is 0 Å². The van der Waals surface area contributed by atoms with Crippen LogP contribution in [0.5, 0.6) is 0 Å². The van der Waals surface area contributed by atoms with Crippen LogP contribution in [0.15, 0.2) is 4.99 Å². The van der Waals surface area contributed by atoms with Crippen LogP contribution in [0.3, 0.4) is 0 Å². The first-order valence-electron chi connectivity index (χ1n) is 3.22. The van der Waals surface area contributed by atoms with E-state index in [-0.39, 0.29) is 0 Å². The number of rotatable bonds is 3. The Morgan fingerprint density at radius 3 is 2.44 bits per heavy atom. The Balaban J connectivity index is 0. The maximum Gasteiger partial charge on any atom is 0.196 e. The average Bonchev–Trinajstić information content (AvgIpc) is 1.94. The third kappa shape index (κ3) is 18.6. The predicted molar refractivity (Wildman–Crippen MR) is 40.5 cm³/mol. The fourth-order valence-electron chi connectivity index (χ4n) is 0.165. The molecule has 0 saturated heterocycles. The van der Waals surface area contributed by atoms with E-state index in [2.05, 4.69) is 15.3 Å². The Kier molecular flexibility index (Phi) is 19.6. The highest BCUT2D eigenvalue weighted by Gasteiger charge is 1.63. The lowest BCUT2D eigenvalue weighted by molar-refractivity contribution is 0.221. The molecule has 0 aliphatic carbocycles. The minimum Gasteiger partial charge on any atom is -0.397 e. The molecule has 0 rings (SSSR count). The monoisotopic (exact) mass is 132 g/mol. The lowest BCUT2D eigenvalue weighted by Gasteiger charge is -1.88. The normalized spacial score (nSPS) is 8.44. The molecule has 0 unspecified atom stereocenters. The molecule has 0 heterocycles. The fourth-order valence-corrected chi connectivity index (χ4v) is 0.165. The molecular formula is C6H16N2O. The summed E-state index contributed by atoms with van der Waals surface area (Å²) in [5.74, 6) is 0. The van der Waals surface area contributed by atoms with Gasteiger partial charge in [-0.1, -0.05) is 13.8 Å². The summed E-state index contributed by atoms with van der Waals surface area (Å²) in [6.45, 7) is 6.71. The zero-order valence-electron chi connectivity index (χ0n) is 6.64. The van der Waals surface area contributed by atoms with E-state index < -0.39 is 0 Å². The second-order valence-electron chi connectivity index (χ2n) is 0.926. The quantitative estimate of drug-likeness (QED) is 0.356. The van der Waals surface area contributed by atoms with Gasteiger partial charge in [0.15, 0.2) is 6.40 Å². The van der Waals surface area contributed by atoms with Gasteiger partial charge in [0.05, 0.1) is 0 Å². The molecule has 1 N–H and O–H groups in total. The Morgan fingerprint density at radius 2 is 2.11 bits per heavy atom. The Morgan fingerprint density at radius 1 is 1.56 bits per heavy atom. The van der Waals surface area contributed by atoms with Crippen molar-refractivity contribution in [2.75, 3.05) is 13.6 Å². The van der Waals surface area contributed by atoms with Gasteiger partial charge in [-0.3, -0.25) is 4.99 Å². The van der Waals surface area contributed by atoms with Crippen molar-refractivity contribution >= 4 is 6.40 Å². The molecule has 3 nitrogen and oxygen atoms in total. The fraction of sp³-hybridized carbons (Fsp3) is 0.833. The van der Waals surface area contributed by atoms with Crippen molar-refractivity contribution in [1.82, 2.24) is 5.48 Å². The van der Waals surface area contributed by atoms with Crippen LogP contribution in [0.1, 0.15) is 20.8 Å². The first kappa shape index (κ1) is 11.3. The molecule has 0 aromatic heterocycles. The van der Waals surface area contributed by atoms with E-state index in [1.807, 2.05) is 20.8 Å². The summed E-state index contributed by atoms with van der Waals surface area (Å²) in [6, 6.07) is 0. The molecular weight excluding hydrogens is 116 g/mol. The predicted octanol–water partition coefficient (Wildman–Crippen LogP) is 1.21. The highest BCUT2D eigenvalue weighted by atomic mass is 16.6. The van der Waals surface area contributed by atoms with Crippen LogP contribution in [0.25, 0.3) is 0 Å². The molecule has 0 aromatic carbocycles. The Hall–Kier alpha value is -0.570. The van der Waals surface area contributed by atoms with Gasteiger partial charge in [0.2, 0.25) is 0 Å². The molecule has 0 aliphatic heterocycles. The van der Waals surface area contributed by atoms with Gasteiger partial charge in [0.1, 0.15) is 0 Å². The molecule has 0 aromatic rings. The van der Waals surface area contributed by atoms with E-state index in [0.29, 0.717) is 0 Å². The first-order valence-corrected chi connectivity index (χ1v) is 3.22. The van der Waals surface area contributed by atoms with Gasteiger partial charge in [-0.25, -0.2) is 0 Å². The first-order chi connectivity index (χ1) is 4.41. The minimum atomic E-state index is 0.766. The largest absolute Gasteiger partial charge is 0.397 e. The number of nitrogens with zero attached hydrogens (tertiary/aromatic N) is 1. The molecule has 3 heteroatoms. The number of hydrogen-bond donors (Lipinski definition) is 1. The van der Waals surface area contributed by atoms with Crippen LogP contribution < -0.4 is 5.48 Å². The van der Waals surface area contributed by atoms with Gasteiger partial charge in [-0.15, -0.1) is 0 Å². The maximum atomic E-state index is 4.53. The number of aliphatic imine (C=N–C) groups is 1. The summed E-state index contributed by atoms with van der Waals surface area (Å²) in [4.78, 5) is 8.28. The number of hydroxylamine groups is 1. The summed E-state index contributed by atoms with van der Waals surface area (Å²) in [6.07, 6.45) is 1.38. The Labute approximate surface area is 57.1 Å². The van der Waals surface area contributed by atoms with Crippen LogP contribution in [0.4, 0.5) is 0 Å². The van der Waals surface area contributed by atoms with Crippen molar-refractivity contribution in [3.63, 3.8) is 0 Å². The minimum absolute atomic E-state index is 0.766. The van der Waals surface area contributed by atoms with Crippen molar-refractivity contribution < 1.29 is 4.84 Å². The van der Waals surface area contributed by atoms with Gasteiger partial charge in [-0.2, -0.15) is 5.48 Å². The lowest BCUT2D eigenvalue weighted by atomic mass is 10.8. The van der Waals surface area contributed by atoms with E-state index in [0.717, 1.165) is 6.54 Å². The highest BCUT2D eigenvalue weighted by molar-refractivity contribution is 5.45. The standard InChI is InChI=1S/C4H10N2O.C2H6/c1-3-6-4-7-5-2;1-2/h4-5H,3H2,1-2H3;1-2H3. The molecule has 0 saturated carbocycles. The van der Waals surface area contributed by atoms with E-state index in [9.17, 15) is 0 Å². The summed E-state index contributed by atoms with van der Waals surface area (Å²) in [7, 11) is 1.68. The van der Waals surface area contributed by atoms with E-state index >= 15 is 0 Å². The second kappa shape index (κ2) is 15.7. The molecule has 0 aliphatic rings.